The highest BCUT2D eigenvalue weighted by molar-refractivity contribution is 5.83. The number of aryl methyl sites for hydroxylation is 1. The van der Waals surface area contributed by atoms with E-state index in [4.69, 9.17) is 4.98 Å². The van der Waals surface area contributed by atoms with Crippen LogP contribution < -0.4 is 9.64 Å². The van der Waals surface area contributed by atoms with Gasteiger partial charge in [0.2, 0.25) is 0 Å². The van der Waals surface area contributed by atoms with Gasteiger partial charge in [-0.25, -0.2) is 13.9 Å². The Morgan fingerprint density at radius 3 is 2.57 bits per heavy atom. The zero-order valence-electron chi connectivity index (χ0n) is 18.8. The van der Waals surface area contributed by atoms with Gasteiger partial charge in [-0.1, -0.05) is 12.1 Å². The van der Waals surface area contributed by atoms with E-state index in [-0.39, 0.29) is 24.2 Å². The number of benzene rings is 2. The predicted octanol–water partition coefficient (Wildman–Crippen LogP) is 5.37. The number of alkyl halides is 3. The summed E-state index contributed by atoms with van der Waals surface area (Å²) in [5.41, 5.74) is 3.36. The van der Waals surface area contributed by atoms with Crippen molar-refractivity contribution in [3.05, 3.63) is 66.1 Å². The van der Waals surface area contributed by atoms with Crippen molar-refractivity contribution in [3.8, 4) is 28.1 Å². The van der Waals surface area contributed by atoms with Gasteiger partial charge in [0, 0.05) is 23.7 Å². The Bertz CT molecular complexity index is 1370. The van der Waals surface area contributed by atoms with Crippen molar-refractivity contribution < 1.29 is 27.4 Å². The van der Waals surface area contributed by atoms with Crippen LogP contribution in [0.3, 0.4) is 0 Å². The standard InChI is InChI=1S/C25H22F4N4O2/c1-15-23(17-4-2-6-20(12-17)35-25(27,28)29)24-30-22(32-11-3-5-19(32)14-34)13-21(33(24)31-15)16-7-9-18(26)10-8-16/h2,4,6-10,12-13,19,34H,3,5,11,14H2,1H3. The van der Waals surface area contributed by atoms with Crippen LogP contribution in [0, 0.1) is 12.7 Å². The van der Waals surface area contributed by atoms with Crippen LogP contribution in [0.15, 0.2) is 54.6 Å². The van der Waals surface area contributed by atoms with Gasteiger partial charge in [0.25, 0.3) is 0 Å². The zero-order chi connectivity index (χ0) is 24.7. The average molecular weight is 486 g/mol. The number of rotatable bonds is 5. The van der Waals surface area contributed by atoms with Crippen LogP contribution in [0.1, 0.15) is 18.5 Å². The number of halogens is 4. The van der Waals surface area contributed by atoms with Gasteiger partial charge in [-0.15, -0.1) is 13.2 Å². The molecule has 2 aromatic heterocycles. The quantitative estimate of drug-likeness (QED) is 0.385. The van der Waals surface area contributed by atoms with E-state index in [0.29, 0.717) is 46.1 Å². The molecule has 35 heavy (non-hydrogen) atoms. The molecule has 10 heteroatoms. The maximum absolute atomic E-state index is 13.6. The van der Waals surface area contributed by atoms with Crippen LogP contribution in [0.5, 0.6) is 5.75 Å². The molecule has 182 valence electrons. The van der Waals surface area contributed by atoms with E-state index in [1.54, 1.807) is 29.6 Å². The molecule has 0 radical (unpaired) electrons. The topological polar surface area (TPSA) is 62.9 Å². The Balaban J connectivity index is 1.72. The normalized spacial score (nSPS) is 16.3. The number of hydrogen-bond donors (Lipinski definition) is 1. The molecular formula is C25H22F4N4O2. The summed E-state index contributed by atoms with van der Waals surface area (Å²) in [7, 11) is 0. The fourth-order valence-electron chi connectivity index (χ4n) is 4.60. The Morgan fingerprint density at radius 1 is 1.09 bits per heavy atom. The molecule has 1 N–H and O–H groups in total. The third-order valence-electron chi connectivity index (χ3n) is 6.13. The summed E-state index contributed by atoms with van der Waals surface area (Å²) in [5, 5.41) is 14.5. The smallest absolute Gasteiger partial charge is 0.406 e. The van der Waals surface area contributed by atoms with Crippen LogP contribution in [0.4, 0.5) is 23.4 Å². The van der Waals surface area contributed by atoms with E-state index >= 15 is 0 Å². The van der Waals surface area contributed by atoms with Gasteiger partial charge in [-0.05, 0) is 61.7 Å². The number of aliphatic hydroxyl groups is 1. The number of aromatic nitrogens is 3. The molecular weight excluding hydrogens is 464 g/mol. The number of hydrogen-bond acceptors (Lipinski definition) is 5. The highest BCUT2D eigenvalue weighted by Gasteiger charge is 2.31. The minimum Gasteiger partial charge on any atom is -0.406 e. The van der Waals surface area contributed by atoms with Gasteiger partial charge in [-0.2, -0.15) is 5.10 Å². The molecule has 1 atom stereocenters. The molecule has 0 bridgehead atoms. The molecule has 0 saturated carbocycles. The van der Waals surface area contributed by atoms with Crippen molar-refractivity contribution in [2.75, 3.05) is 18.1 Å². The molecule has 1 fully saturated rings. The Hall–Kier alpha value is -3.66. The van der Waals surface area contributed by atoms with Gasteiger partial charge in [0.05, 0.1) is 24.0 Å². The van der Waals surface area contributed by atoms with Crippen LogP contribution in [0.2, 0.25) is 0 Å². The lowest BCUT2D eigenvalue weighted by Crippen LogP contribution is -2.32. The minimum absolute atomic E-state index is 0.0271. The molecule has 6 nitrogen and oxygen atoms in total. The van der Waals surface area contributed by atoms with Gasteiger partial charge in [-0.3, -0.25) is 0 Å². The van der Waals surface area contributed by atoms with E-state index < -0.39 is 6.36 Å². The summed E-state index contributed by atoms with van der Waals surface area (Å²) in [4.78, 5) is 6.85. The van der Waals surface area contributed by atoms with Crippen molar-refractivity contribution in [2.24, 2.45) is 0 Å². The summed E-state index contributed by atoms with van der Waals surface area (Å²) in [6.45, 7) is 2.43. The monoisotopic (exact) mass is 486 g/mol. The predicted molar refractivity (Wildman–Crippen MR) is 123 cm³/mol. The third-order valence-corrected chi connectivity index (χ3v) is 6.13. The van der Waals surface area contributed by atoms with Gasteiger partial charge in [0.1, 0.15) is 17.4 Å². The highest BCUT2D eigenvalue weighted by atomic mass is 19.4. The average Bonchev–Trinajstić information content (AvgIpc) is 3.41. The summed E-state index contributed by atoms with van der Waals surface area (Å²) in [6.07, 6.45) is -3.10. The van der Waals surface area contributed by atoms with E-state index in [2.05, 4.69) is 9.84 Å². The van der Waals surface area contributed by atoms with E-state index in [9.17, 15) is 22.7 Å². The van der Waals surface area contributed by atoms with Crippen molar-refractivity contribution in [3.63, 3.8) is 0 Å². The summed E-state index contributed by atoms with van der Waals surface area (Å²) >= 11 is 0. The lowest BCUT2D eigenvalue weighted by molar-refractivity contribution is -0.274. The maximum atomic E-state index is 13.6. The fraction of sp³-hybridized carbons (Fsp3) is 0.280. The lowest BCUT2D eigenvalue weighted by atomic mass is 10.1. The Labute approximate surface area is 198 Å². The van der Waals surface area contributed by atoms with Crippen molar-refractivity contribution in [1.82, 2.24) is 14.6 Å². The molecule has 5 rings (SSSR count). The number of ether oxygens (including phenoxy) is 1. The van der Waals surface area contributed by atoms with Gasteiger partial charge >= 0.3 is 6.36 Å². The molecule has 1 aliphatic rings. The molecule has 1 aliphatic heterocycles. The molecule has 0 spiro atoms. The largest absolute Gasteiger partial charge is 0.573 e. The fourth-order valence-corrected chi connectivity index (χ4v) is 4.60. The van der Waals surface area contributed by atoms with Crippen LogP contribution in [0.25, 0.3) is 28.0 Å². The van der Waals surface area contributed by atoms with E-state index in [1.807, 2.05) is 11.0 Å². The Morgan fingerprint density at radius 2 is 1.86 bits per heavy atom. The first kappa shape index (κ1) is 23.1. The number of nitrogens with zero attached hydrogens (tertiary/aromatic N) is 4. The first-order valence-electron chi connectivity index (χ1n) is 11.1. The third kappa shape index (κ3) is 4.53. The molecule has 0 amide bonds. The van der Waals surface area contributed by atoms with E-state index in [0.717, 1.165) is 12.8 Å². The molecule has 2 aromatic carbocycles. The first-order chi connectivity index (χ1) is 16.7. The highest BCUT2D eigenvalue weighted by Crippen LogP contribution is 2.36. The van der Waals surface area contributed by atoms with Gasteiger partial charge in [0.15, 0.2) is 5.65 Å². The Kier molecular flexibility index (Phi) is 5.84. The molecule has 0 aliphatic carbocycles. The number of fused-ring (bicyclic) bond motifs is 1. The van der Waals surface area contributed by atoms with Crippen molar-refractivity contribution in [2.45, 2.75) is 32.2 Å². The zero-order valence-corrected chi connectivity index (χ0v) is 18.8. The number of aliphatic hydroxyl groups excluding tert-OH is 1. The second-order valence-electron chi connectivity index (χ2n) is 8.45. The van der Waals surface area contributed by atoms with Crippen LogP contribution in [-0.2, 0) is 0 Å². The minimum atomic E-state index is -4.81. The summed E-state index contributed by atoms with van der Waals surface area (Å²) in [6, 6.07) is 13.4. The molecule has 3 heterocycles. The summed E-state index contributed by atoms with van der Waals surface area (Å²) in [5.74, 6) is -0.112. The van der Waals surface area contributed by atoms with Crippen molar-refractivity contribution in [1.29, 1.82) is 0 Å². The SMILES string of the molecule is Cc1nn2c(-c3ccc(F)cc3)cc(N3CCCC3CO)nc2c1-c1cccc(OC(F)(F)F)c1. The van der Waals surface area contributed by atoms with Gasteiger partial charge < -0.3 is 14.7 Å². The first-order valence-corrected chi connectivity index (χ1v) is 11.1. The van der Waals surface area contributed by atoms with Crippen molar-refractivity contribution >= 4 is 11.5 Å². The second kappa shape index (κ2) is 8.84. The summed E-state index contributed by atoms with van der Waals surface area (Å²) < 4.78 is 57.8. The second-order valence-corrected chi connectivity index (χ2v) is 8.45. The van der Waals surface area contributed by atoms with Crippen LogP contribution in [-0.4, -0.2) is 45.3 Å². The maximum Gasteiger partial charge on any atom is 0.573 e. The number of anilines is 1. The van der Waals surface area contributed by atoms with Crippen LogP contribution >= 0.6 is 0 Å². The molecule has 1 unspecified atom stereocenters. The molecule has 1 saturated heterocycles. The van der Waals surface area contributed by atoms with E-state index in [1.165, 1.54) is 30.3 Å². The lowest BCUT2D eigenvalue weighted by Gasteiger charge is -2.25. The molecule has 4 aromatic rings.